The van der Waals surface area contributed by atoms with Crippen LogP contribution in [0.1, 0.15) is 25.5 Å². The van der Waals surface area contributed by atoms with Gasteiger partial charge in [0.2, 0.25) is 0 Å². The fourth-order valence-electron chi connectivity index (χ4n) is 3.52. The molecule has 1 aromatic heterocycles. The number of fused-ring (bicyclic) bond motifs is 1. The van der Waals surface area contributed by atoms with Gasteiger partial charge in [-0.05, 0) is 30.3 Å². The van der Waals surface area contributed by atoms with Crippen molar-refractivity contribution in [2.24, 2.45) is 5.92 Å². The lowest BCUT2D eigenvalue weighted by atomic mass is 9.91. The van der Waals surface area contributed by atoms with Crippen LogP contribution < -0.4 is 4.90 Å². The van der Waals surface area contributed by atoms with Crippen molar-refractivity contribution in [2.75, 3.05) is 4.90 Å². The van der Waals surface area contributed by atoms with Gasteiger partial charge in [0.15, 0.2) is 11.5 Å². The molecule has 0 fully saturated rings. The third kappa shape index (κ3) is 3.13. The van der Waals surface area contributed by atoms with Crippen LogP contribution in [0.15, 0.2) is 58.5 Å². The van der Waals surface area contributed by atoms with Gasteiger partial charge in [-0.15, -0.1) is 0 Å². The zero-order valence-corrected chi connectivity index (χ0v) is 17.2. The second-order valence-electron chi connectivity index (χ2n) is 7.13. The number of anilines is 1. The number of halogens is 2. The Hall–Kier alpha value is -3.00. The molecule has 0 bridgehead atoms. The van der Waals surface area contributed by atoms with Crippen LogP contribution in [0.5, 0.6) is 0 Å². The van der Waals surface area contributed by atoms with Crippen LogP contribution in [-0.2, 0) is 9.59 Å². The summed E-state index contributed by atoms with van der Waals surface area (Å²) < 4.78 is 15.4. The third-order valence-corrected chi connectivity index (χ3v) is 5.43. The van der Waals surface area contributed by atoms with Gasteiger partial charge in [0, 0.05) is 21.6 Å². The molecule has 2 N–H and O–H groups in total. The molecule has 29 heavy (non-hydrogen) atoms. The number of hydrogen-bond donors (Lipinski definition) is 2. The molecule has 1 aliphatic heterocycles. The second kappa shape index (κ2) is 7.11. The summed E-state index contributed by atoms with van der Waals surface area (Å²) in [4.78, 5) is 34.2. The van der Waals surface area contributed by atoms with E-state index in [2.05, 4.69) is 25.9 Å². The molecule has 2 heterocycles. The summed E-state index contributed by atoms with van der Waals surface area (Å²) in [5.74, 6) is -2.89. The molecule has 1 aliphatic rings. The van der Waals surface area contributed by atoms with E-state index in [1.807, 2.05) is 0 Å². The van der Waals surface area contributed by atoms with Crippen molar-refractivity contribution in [3.05, 3.63) is 69.9 Å². The number of carbonyl (C=O) groups is 2. The van der Waals surface area contributed by atoms with Crippen LogP contribution >= 0.6 is 15.9 Å². The van der Waals surface area contributed by atoms with Gasteiger partial charge in [0.25, 0.3) is 5.91 Å². The van der Waals surface area contributed by atoms with E-state index in [1.165, 1.54) is 23.4 Å². The summed E-state index contributed by atoms with van der Waals surface area (Å²) >= 11 is 3.22. The number of aromatic amines is 1. The molecule has 1 unspecified atom stereocenters. The number of benzene rings is 2. The standard InChI is InChI=1S/C21H17BrFN3O3/c1-10(2)19(27)17-18(13-5-3-11(22)7-14(13)23)26(21(29)20(17)28)12-4-6-15-16(8-12)25-9-24-15/h3-10,18,28H,1-2H3,(H,24,25). The average molecular weight is 458 g/mol. The topological polar surface area (TPSA) is 86.3 Å². The van der Waals surface area contributed by atoms with E-state index in [0.29, 0.717) is 15.7 Å². The number of rotatable bonds is 4. The number of ketones is 1. The number of aliphatic hydroxyl groups is 1. The van der Waals surface area contributed by atoms with Gasteiger partial charge >= 0.3 is 0 Å². The largest absolute Gasteiger partial charge is 0.503 e. The van der Waals surface area contributed by atoms with Gasteiger partial charge in [0.05, 0.1) is 29.0 Å². The van der Waals surface area contributed by atoms with Crippen molar-refractivity contribution in [1.82, 2.24) is 9.97 Å². The Balaban J connectivity index is 1.93. The number of nitrogens with zero attached hydrogens (tertiary/aromatic N) is 2. The molecule has 2 aromatic carbocycles. The minimum Gasteiger partial charge on any atom is -0.503 e. The number of Topliss-reactive ketones (excluding diaryl/α,β-unsaturated/α-hetero) is 1. The summed E-state index contributed by atoms with van der Waals surface area (Å²) in [6, 6.07) is 8.37. The molecule has 0 saturated carbocycles. The lowest BCUT2D eigenvalue weighted by molar-refractivity contribution is -0.119. The number of amides is 1. The molecule has 0 spiro atoms. The Bertz CT molecular complexity index is 1180. The molecule has 148 valence electrons. The fraction of sp³-hybridized carbons (Fsp3) is 0.190. The number of hydrogen-bond acceptors (Lipinski definition) is 4. The first-order valence-corrected chi connectivity index (χ1v) is 9.78. The zero-order chi connectivity index (χ0) is 20.9. The Morgan fingerprint density at radius 1 is 1.28 bits per heavy atom. The van der Waals surface area contributed by atoms with Crippen LogP contribution in [0.25, 0.3) is 11.0 Å². The number of carbonyl (C=O) groups excluding carboxylic acids is 2. The van der Waals surface area contributed by atoms with Crippen LogP contribution in [0.3, 0.4) is 0 Å². The summed E-state index contributed by atoms with van der Waals surface area (Å²) in [5.41, 5.74) is 1.79. The first-order chi connectivity index (χ1) is 13.8. The van der Waals surface area contributed by atoms with Crippen LogP contribution in [0.4, 0.5) is 10.1 Å². The van der Waals surface area contributed by atoms with Crippen LogP contribution in [0.2, 0.25) is 0 Å². The van der Waals surface area contributed by atoms with Gasteiger partial charge in [-0.1, -0.05) is 35.8 Å². The molecule has 6 nitrogen and oxygen atoms in total. The molecule has 0 saturated heterocycles. The lowest BCUT2D eigenvalue weighted by Gasteiger charge is -2.27. The van der Waals surface area contributed by atoms with Crippen molar-refractivity contribution < 1.29 is 19.1 Å². The third-order valence-electron chi connectivity index (χ3n) is 4.94. The molecule has 4 rings (SSSR count). The molecular formula is C21H17BrFN3O3. The molecule has 1 atom stereocenters. The average Bonchev–Trinajstić information content (AvgIpc) is 3.23. The van der Waals surface area contributed by atoms with E-state index in [4.69, 9.17) is 0 Å². The fourth-order valence-corrected chi connectivity index (χ4v) is 3.86. The second-order valence-corrected chi connectivity index (χ2v) is 8.04. The van der Waals surface area contributed by atoms with Crippen molar-refractivity contribution in [3.63, 3.8) is 0 Å². The molecule has 8 heteroatoms. The maximum absolute atomic E-state index is 14.9. The van der Waals surface area contributed by atoms with E-state index >= 15 is 0 Å². The quantitative estimate of drug-likeness (QED) is 0.599. The van der Waals surface area contributed by atoms with Crippen molar-refractivity contribution in [2.45, 2.75) is 19.9 Å². The van der Waals surface area contributed by atoms with E-state index in [0.717, 1.165) is 5.52 Å². The van der Waals surface area contributed by atoms with Gasteiger partial charge < -0.3 is 10.1 Å². The van der Waals surface area contributed by atoms with E-state index in [9.17, 15) is 19.1 Å². The smallest absolute Gasteiger partial charge is 0.294 e. The Morgan fingerprint density at radius 3 is 2.72 bits per heavy atom. The molecule has 0 radical (unpaired) electrons. The predicted molar refractivity (Wildman–Crippen MR) is 110 cm³/mol. The number of H-pyrrole nitrogens is 1. The number of aliphatic hydroxyl groups excluding tert-OH is 1. The van der Waals surface area contributed by atoms with Crippen molar-refractivity contribution in [1.29, 1.82) is 0 Å². The van der Waals surface area contributed by atoms with E-state index in [1.54, 1.807) is 38.1 Å². The highest BCUT2D eigenvalue weighted by Gasteiger charge is 2.45. The van der Waals surface area contributed by atoms with Crippen molar-refractivity contribution >= 4 is 44.3 Å². The van der Waals surface area contributed by atoms with Gasteiger partial charge in [-0.25, -0.2) is 9.37 Å². The monoisotopic (exact) mass is 457 g/mol. The van der Waals surface area contributed by atoms with E-state index in [-0.39, 0.29) is 11.1 Å². The minimum atomic E-state index is -1.08. The maximum atomic E-state index is 14.9. The normalized spacial score (nSPS) is 17.1. The maximum Gasteiger partial charge on any atom is 0.294 e. The van der Waals surface area contributed by atoms with Gasteiger partial charge in [-0.3, -0.25) is 14.5 Å². The van der Waals surface area contributed by atoms with Gasteiger partial charge in [0.1, 0.15) is 5.82 Å². The molecular weight excluding hydrogens is 441 g/mol. The summed E-state index contributed by atoms with van der Waals surface area (Å²) in [6.45, 7) is 3.33. The highest BCUT2D eigenvalue weighted by Crippen LogP contribution is 2.43. The number of nitrogens with one attached hydrogen (secondary N) is 1. The highest BCUT2D eigenvalue weighted by molar-refractivity contribution is 9.10. The first kappa shape index (κ1) is 19.3. The summed E-state index contributed by atoms with van der Waals surface area (Å²) in [5, 5.41) is 10.6. The van der Waals surface area contributed by atoms with E-state index < -0.39 is 35.2 Å². The van der Waals surface area contributed by atoms with Crippen LogP contribution in [-0.4, -0.2) is 26.8 Å². The first-order valence-electron chi connectivity index (χ1n) is 8.98. The zero-order valence-electron chi connectivity index (χ0n) is 15.6. The van der Waals surface area contributed by atoms with Crippen molar-refractivity contribution in [3.8, 4) is 0 Å². The molecule has 3 aromatic rings. The Morgan fingerprint density at radius 2 is 2.03 bits per heavy atom. The number of imidazole rings is 1. The Kier molecular flexibility index (Phi) is 4.74. The Labute approximate surface area is 174 Å². The summed E-state index contributed by atoms with van der Waals surface area (Å²) in [6.07, 6.45) is 1.52. The highest BCUT2D eigenvalue weighted by atomic mass is 79.9. The SMILES string of the molecule is CC(C)C(=O)C1=C(O)C(=O)N(c2ccc3[nH]cnc3c2)C1c1ccc(Br)cc1F. The molecule has 0 aliphatic carbocycles. The van der Waals surface area contributed by atoms with Crippen LogP contribution in [0, 0.1) is 11.7 Å². The number of aromatic nitrogens is 2. The minimum absolute atomic E-state index is 0.103. The van der Waals surface area contributed by atoms with Gasteiger partial charge in [-0.2, -0.15) is 0 Å². The lowest BCUT2D eigenvalue weighted by Crippen LogP contribution is -2.32. The predicted octanol–water partition coefficient (Wildman–Crippen LogP) is 4.59. The summed E-state index contributed by atoms with van der Waals surface area (Å²) in [7, 11) is 0. The molecule has 1 amide bonds.